The van der Waals surface area contributed by atoms with Crippen LogP contribution in [0.3, 0.4) is 0 Å². The van der Waals surface area contributed by atoms with Gasteiger partial charge in [0.05, 0.1) is 23.7 Å². The van der Waals surface area contributed by atoms with Gasteiger partial charge in [0, 0.05) is 6.04 Å². The van der Waals surface area contributed by atoms with Gasteiger partial charge in [-0.3, -0.25) is 10.1 Å². The van der Waals surface area contributed by atoms with Gasteiger partial charge in [0.1, 0.15) is 0 Å². The van der Waals surface area contributed by atoms with E-state index in [0.29, 0.717) is 12.3 Å². The molecule has 0 spiro atoms. The summed E-state index contributed by atoms with van der Waals surface area (Å²) in [5, 5.41) is 3.46. The summed E-state index contributed by atoms with van der Waals surface area (Å²) in [5.74, 6) is 1.17. The van der Waals surface area contributed by atoms with Gasteiger partial charge >= 0.3 is 0 Å². The van der Waals surface area contributed by atoms with Crippen molar-refractivity contribution >= 4 is 15.7 Å². The minimum Gasteiger partial charge on any atom is -0.322 e. The van der Waals surface area contributed by atoms with Crippen LogP contribution < -0.4 is 5.32 Å². The average molecular weight is 316 g/mol. The topological polar surface area (TPSA) is 66.5 Å². The maximum atomic E-state index is 12.8. The molecule has 2 aliphatic heterocycles. The van der Waals surface area contributed by atoms with Gasteiger partial charge in [-0.25, -0.2) is 8.42 Å². The first-order chi connectivity index (χ1) is 9.75. The Kier molecular flexibility index (Phi) is 4.98. The maximum Gasteiger partial charge on any atom is 0.241 e. The van der Waals surface area contributed by atoms with Crippen LogP contribution >= 0.6 is 0 Å². The lowest BCUT2D eigenvalue weighted by Gasteiger charge is -2.30. The fraction of sp³-hybridized carbons (Fsp3) is 0.933. The zero-order valence-electron chi connectivity index (χ0n) is 13.5. The highest BCUT2D eigenvalue weighted by Crippen LogP contribution is 2.29. The molecule has 0 bridgehead atoms. The van der Waals surface area contributed by atoms with E-state index in [2.05, 4.69) is 33.0 Å². The quantitative estimate of drug-likeness (QED) is 0.832. The molecule has 122 valence electrons. The predicted molar refractivity (Wildman–Crippen MR) is 83.5 cm³/mol. The molecule has 4 unspecified atom stereocenters. The molecule has 5 nitrogen and oxygen atoms in total. The Labute approximate surface area is 128 Å². The summed E-state index contributed by atoms with van der Waals surface area (Å²) in [4.78, 5) is 14.6. The van der Waals surface area contributed by atoms with Crippen LogP contribution in [0.4, 0.5) is 0 Å². The highest BCUT2D eigenvalue weighted by Gasteiger charge is 2.46. The lowest BCUT2D eigenvalue weighted by molar-refractivity contribution is -0.132. The molecular weight excluding hydrogens is 288 g/mol. The largest absolute Gasteiger partial charge is 0.322 e. The van der Waals surface area contributed by atoms with Gasteiger partial charge in [0.25, 0.3) is 0 Å². The Hall–Kier alpha value is -0.620. The normalized spacial score (nSPS) is 33.9. The van der Waals surface area contributed by atoms with Crippen LogP contribution in [-0.4, -0.2) is 49.0 Å². The van der Waals surface area contributed by atoms with Crippen molar-refractivity contribution in [1.29, 1.82) is 0 Å². The number of rotatable bonds is 5. The van der Waals surface area contributed by atoms with Gasteiger partial charge in [0.15, 0.2) is 9.84 Å². The molecule has 6 heteroatoms. The van der Waals surface area contributed by atoms with Gasteiger partial charge < -0.3 is 4.90 Å². The second-order valence-electron chi connectivity index (χ2n) is 6.98. The first-order valence-corrected chi connectivity index (χ1v) is 9.86. The van der Waals surface area contributed by atoms with Crippen molar-refractivity contribution in [3.05, 3.63) is 0 Å². The van der Waals surface area contributed by atoms with Crippen molar-refractivity contribution in [2.24, 2.45) is 11.8 Å². The molecule has 0 aromatic rings. The van der Waals surface area contributed by atoms with E-state index in [1.165, 1.54) is 0 Å². The molecule has 2 fully saturated rings. The molecule has 2 heterocycles. The molecule has 2 aliphatic rings. The molecule has 0 aliphatic carbocycles. The molecule has 0 saturated carbocycles. The predicted octanol–water partition coefficient (Wildman–Crippen LogP) is 1.39. The zero-order chi connectivity index (χ0) is 15.8. The molecular formula is C15H28N2O3S. The second kappa shape index (κ2) is 6.24. The second-order valence-corrected chi connectivity index (χ2v) is 9.21. The van der Waals surface area contributed by atoms with Crippen LogP contribution in [0.1, 0.15) is 47.0 Å². The summed E-state index contributed by atoms with van der Waals surface area (Å²) in [6.07, 6.45) is 2.37. The van der Waals surface area contributed by atoms with Crippen molar-refractivity contribution in [1.82, 2.24) is 10.2 Å². The van der Waals surface area contributed by atoms with Crippen LogP contribution in [0.25, 0.3) is 0 Å². The molecule has 0 radical (unpaired) electrons. The van der Waals surface area contributed by atoms with E-state index < -0.39 is 9.84 Å². The summed E-state index contributed by atoms with van der Waals surface area (Å²) < 4.78 is 23.5. The molecule has 0 aromatic carbocycles. The standard InChI is InChI=1S/C15H28N2O3S/c1-5-11(4)14-15(18)17(13(16-14)8-10(2)3)12-6-7-21(19,20)9-12/h10-14,16H,5-9H2,1-4H3. The van der Waals surface area contributed by atoms with Crippen LogP contribution in [-0.2, 0) is 14.6 Å². The smallest absolute Gasteiger partial charge is 0.241 e. The molecule has 0 aromatic heterocycles. The van der Waals surface area contributed by atoms with E-state index in [9.17, 15) is 13.2 Å². The van der Waals surface area contributed by atoms with Gasteiger partial charge in [0.2, 0.25) is 5.91 Å². The zero-order valence-corrected chi connectivity index (χ0v) is 14.3. The van der Waals surface area contributed by atoms with E-state index in [1.807, 2.05) is 4.90 Å². The number of nitrogens with one attached hydrogen (secondary N) is 1. The van der Waals surface area contributed by atoms with Crippen molar-refractivity contribution < 1.29 is 13.2 Å². The maximum absolute atomic E-state index is 12.8. The molecule has 1 amide bonds. The summed E-state index contributed by atoms with van der Waals surface area (Å²) >= 11 is 0. The van der Waals surface area contributed by atoms with E-state index in [-0.39, 0.29) is 41.6 Å². The Bertz CT molecular complexity index is 489. The molecule has 2 saturated heterocycles. The Morgan fingerprint density at radius 2 is 2.00 bits per heavy atom. The summed E-state index contributed by atoms with van der Waals surface area (Å²) in [6.45, 7) is 8.43. The highest BCUT2D eigenvalue weighted by atomic mass is 32.2. The highest BCUT2D eigenvalue weighted by molar-refractivity contribution is 7.91. The van der Waals surface area contributed by atoms with Gasteiger partial charge in [-0.15, -0.1) is 0 Å². The van der Waals surface area contributed by atoms with Crippen molar-refractivity contribution in [3.63, 3.8) is 0 Å². The van der Waals surface area contributed by atoms with Crippen molar-refractivity contribution in [2.45, 2.75) is 65.2 Å². The Balaban J connectivity index is 2.20. The molecule has 1 N–H and O–H groups in total. The third kappa shape index (κ3) is 3.59. The fourth-order valence-electron chi connectivity index (χ4n) is 3.37. The summed E-state index contributed by atoms with van der Waals surface area (Å²) in [7, 11) is -2.97. The lowest BCUT2D eigenvalue weighted by Crippen LogP contribution is -2.45. The Morgan fingerprint density at radius 3 is 2.48 bits per heavy atom. The molecule has 21 heavy (non-hydrogen) atoms. The monoisotopic (exact) mass is 316 g/mol. The van der Waals surface area contributed by atoms with E-state index in [0.717, 1.165) is 12.8 Å². The first-order valence-electron chi connectivity index (χ1n) is 8.03. The van der Waals surface area contributed by atoms with Crippen molar-refractivity contribution in [2.75, 3.05) is 11.5 Å². The number of hydrogen-bond donors (Lipinski definition) is 1. The lowest BCUT2D eigenvalue weighted by atomic mass is 9.99. The minimum absolute atomic E-state index is 0.0187. The first kappa shape index (κ1) is 16.7. The number of carbonyl (C=O) groups is 1. The van der Waals surface area contributed by atoms with E-state index in [4.69, 9.17) is 0 Å². The van der Waals surface area contributed by atoms with E-state index >= 15 is 0 Å². The van der Waals surface area contributed by atoms with E-state index in [1.54, 1.807) is 0 Å². The van der Waals surface area contributed by atoms with Crippen LogP contribution in [0.2, 0.25) is 0 Å². The number of sulfone groups is 1. The third-order valence-electron chi connectivity index (χ3n) is 4.74. The minimum atomic E-state index is -2.97. The number of nitrogens with zero attached hydrogens (tertiary/aromatic N) is 1. The van der Waals surface area contributed by atoms with Gasteiger partial charge in [-0.1, -0.05) is 34.1 Å². The number of amides is 1. The number of carbonyl (C=O) groups excluding carboxylic acids is 1. The van der Waals surface area contributed by atoms with Crippen LogP contribution in [0.15, 0.2) is 0 Å². The fourth-order valence-corrected chi connectivity index (χ4v) is 5.09. The average Bonchev–Trinajstić information content (AvgIpc) is 2.88. The van der Waals surface area contributed by atoms with Crippen LogP contribution in [0.5, 0.6) is 0 Å². The third-order valence-corrected chi connectivity index (χ3v) is 6.49. The SMILES string of the molecule is CCC(C)C1NC(CC(C)C)N(C2CCS(=O)(=O)C2)C1=O. The summed E-state index contributed by atoms with van der Waals surface area (Å²) in [5.41, 5.74) is 0. The summed E-state index contributed by atoms with van der Waals surface area (Å²) in [6, 6.07) is -0.310. The van der Waals surface area contributed by atoms with Gasteiger partial charge in [-0.2, -0.15) is 0 Å². The van der Waals surface area contributed by atoms with Crippen LogP contribution in [0, 0.1) is 11.8 Å². The molecule has 4 atom stereocenters. The number of hydrogen-bond acceptors (Lipinski definition) is 4. The van der Waals surface area contributed by atoms with Crippen molar-refractivity contribution in [3.8, 4) is 0 Å². The Morgan fingerprint density at radius 1 is 1.33 bits per heavy atom. The van der Waals surface area contributed by atoms with Gasteiger partial charge in [-0.05, 0) is 24.7 Å². The molecule has 2 rings (SSSR count).